The fourth-order valence-electron chi connectivity index (χ4n) is 3.11. The van der Waals surface area contributed by atoms with Gasteiger partial charge in [-0.25, -0.2) is 9.37 Å². The Morgan fingerprint density at radius 2 is 1.79 bits per heavy atom. The molecule has 4 nitrogen and oxygen atoms in total. The first-order valence-corrected chi connectivity index (χ1v) is 8.48. The van der Waals surface area contributed by atoms with Gasteiger partial charge in [-0.3, -0.25) is 4.68 Å². The zero-order chi connectivity index (χ0) is 20.2. The molecular weight excluding hydrogens is 372 g/mol. The number of hydrogen-bond acceptors (Lipinski definition) is 3. The first kappa shape index (κ1) is 19.5. The van der Waals surface area contributed by atoms with Gasteiger partial charge >= 0.3 is 6.18 Å². The standard InChI is InChI=1S/C20H16F4N4/c21-18-6-2-4-16(10-18)19(11-25,12-28-14-26-13-27-28)8-7-15-3-1-5-17(9-15)20(22,23)24/h1-6,9-10,13-14H,7-8,12H2. The monoisotopic (exact) mass is 388 g/mol. The van der Waals surface area contributed by atoms with Gasteiger partial charge in [-0.2, -0.15) is 23.5 Å². The van der Waals surface area contributed by atoms with Crippen LogP contribution in [0.1, 0.15) is 23.1 Å². The minimum atomic E-state index is -4.44. The Bertz CT molecular complexity index is 976. The number of nitrogens with zero attached hydrogens (tertiary/aromatic N) is 4. The lowest BCUT2D eigenvalue weighted by Gasteiger charge is -2.27. The van der Waals surface area contributed by atoms with E-state index in [9.17, 15) is 22.8 Å². The first-order chi connectivity index (χ1) is 13.3. The molecule has 0 amide bonds. The van der Waals surface area contributed by atoms with Crippen LogP contribution in [0.3, 0.4) is 0 Å². The summed E-state index contributed by atoms with van der Waals surface area (Å²) in [6.45, 7) is 0.103. The fraction of sp³-hybridized carbons (Fsp3) is 0.250. The highest BCUT2D eigenvalue weighted by molar-refractivity contribution is 5.34. The summed E-state index contributed by atoms with van der Waals surface area (Å²) in [6.07, 6.45) is -1.28. The van der Waals surface area contributed by atoms with Crippen molar-refractivity contribution in [3.63, 3.8) is 0 Å². The summed E-state index contributed by atoms with van der Waals surface area (Å²) in [7, 11) is 0. The average molecular weight is 388 g/mol. The molecule has 0 aliphatic heterocycles. The van der Waals surface area contributed by atoms with E-state index < -0.39 is 23.0 Å². The molecule has 0 aliphatic rings. The molecule has 0 aliphatic carbocycles. The van der Waals surface area contributed by atoms with Crippen LogP contribution < -0.4 is 0 Å². The molecule has 8 heteroatoms. The van der Waals surface area contributed by atoms with Crippen molar-refractivity contribution in [2.45, 2.75) is 31.0 Å². The molecule has 28 heavy (non-hydrogen) atoms. The van der Waals surface area contributed by atoms with Gasteiger partial charge in [-0.05, 0) is 42.2 Å². The molecule has 0 N–H and O–H groups in total. The number of aryl methyl sites for hydroxylation is 1. The molecule has 0 fully saturated rings. The fourth-order valence-corrected chi connectivity index (χ4v) is 3.11. The summed E-state index contributed by atoms with van der Waals surface area (Å²) in [6, 6.07) is 12.9. The Morgan fingerprint density at radius 3 is 2.43 bits per heavy atom. The lowest BCUT2D eigenvalue weighted by molar-refractivity contribution is -0.137. The topological polar surface area (TPSA) is 54.5 Å². The van der Waals surface area contributed by atoms with Crippen LogP contribution >= 0.6 is 0 Å². The Balaban J connectivity index is 1.93. The third-order valence-electron chi connectivity index (χ3n) is 4.58. The second kappa shape index (κ2) is 7.80. The molecule has 1 aromatic heterocycles. The maximum Gasteiger partial charge on any atom is 0.416 e. The van der Waals surface area contributed by atoms with Gasteiger partial charge in [0.05, 0.1) is 18.2 Å². The predicted octanol–water partition coefficient (Wildman–Crippen LogP) is 4.53. The average Bonchev–Trinajstić information content (AvgIpc) is 3.18. The van der Waals surface area contributed by atoms with Gasteiger partial charge in [0.25, 0.3) is 0 Å². The molecule has 3 rings (SSSR count). The van der Waals surface area contributed by atoms with Crippen LogP contribution in [-0.2, 0) is 24.6 Å². The van der Waals surface area contributed by atoms with E-state index in [1.165, 1.54) is 41.6 Å². The predicted molar refractivity (Wildman–Crippen MR) is 93.5 cm³/mol. The molecule has 1 unspecified atom stereocenters. The summed E-state index contributed by atoms with van der Waals surface area (Å²) in [4.78, 5) is 3.85. The zero-order valence-corrected chi connectivity index (χ0v) is 14.7. The summed E-state index contributed by atoms with van der Waals surface area (Å²) in [5.41, 5.74) is -1.03. The first-order valence-electron chi connectivity index (χ1n) is 8.48. The molecule has 0 radical (unpaired) electrons. The van der Waals surface area contributed by atoms with Gasteiger partial charge in [-0.1, -0.05) is 30.3 Å². The Morgan fingerprint density at radius 1 is 1.04 bits per heavy atom. The molecular formula is C20H16F4N4. The van der Waals surface area contributed by atoms with Gasteiger partial charge in [0.2, 0.25) is 0 Å². The van der Waals surface area contributed by atoms with E-state index >= 15 is 0 Å². The molecule has 0 saturated carbocycles. The normalized spacial score (nSPS) is 13.7. The lowest BCUT2D eigenvalue weighted by Crippen LogP contribution is -2.31. The van der Waals surface area contributed by atoms with E-state index in [-0.39, 0.29) is 19.4 Å². The highest BCUT2D eigenvalue weighted by atomic mass is 19.4. The van der Waals surface area contributed by atoms with Crippen LogP contribution in [0.25, 0.3) is 0 Å². The van der Waals surface area contributed by atoms with E-state index in [4.69, 9.17) is 0 Å². The molecule has 0 spiro atoms. The molecule has 144 valence electrons. The van der Waals surface area contributed by atoms with Gasteiger partial charge in [0.15, 0.2) is 0 Å². The Kier molecular flexibility index (Phi) is 5.45. The van der Waals surface area contributed by atoms with Crippen molar-refractivity contribution in [1.29, 1.82) is 5.26 Å². The zero-order valence-electron chi connectivity index (χ0n) is 14.7. The summed E-state index contributed by atoms with van der Waals surface area (Å²) in [5.74, 6) is -0.491. The quantitative estimate of drug-likeness (QED) is 0.583. The SMILES string of the molecule is N#CC(CCc1cccc(C(F)(F)F)c1)(Cn1cncn1)c1cccc(F)c1. The molecule has 1 heterocycles. The summed E-state index contributed by atoms with van der Waals surface area (Å²) in [5, 5.41) is 14.0. The number of aromatic nitrogens is 3. The van der Waals surface area contributed by atoms with Gasteiger partial charge < -0.3 is 0 Å². The lowest BCUT2D eigenvalue weighted by atomic mass is 9.77. The molecule has 0 saturated heterocycles. The van der Waals surface area contributed by atoms with Crippen LogP contribution in [-0.4, -0.2) is 14.8 Å². The summed E-state index contributed by atoms with van der Waals surface area (Å²) >= 11 is 0. The molecule has 3 aromatic rings. The van der Waals surface area contributed by atoms with Crippen LogP contribution in [0, 0.1) is 17.1 Å². The van der Waals surface area contributed by atoms with Gasteiger partial charge in [0.1, 0.15) is 23.9 Å². The second-order valence-electron chi connectivity index (χ2n) is 6.50. The largest absolute Gasteiger partial charge is 0.416 e. The minimum Gasteiger partial charge on any atom is -0.251 e. The number of hydrogen-bond donors (Lipinski definition) is 0. The number of halogens is 4. The van der Waals surface area contributed by atoms with Crippen molar-refractivity contribution in [2.24, 2.45) is 0 Å². The molecule has 1 atom stereocenters. The van der Waals surface area contributed by atoms with Crippen molar-refractivity contribution in [3.05, 3.63) is 83.7 Å². The number of alkyl halides is 3. The van der Waals surface area contributed by atoms with Crippen LogP contribution in [0.15, 0.2) is 61.2 Å². The van der Waals surface area contributed by atoms with Crippen LogP contribution in [0.4, 0.5) is 17.6 Å². The van der Waals surface area contributed by atoms with E-state index in [2.05, 4.69) is 16.2 Å². The third-order valence-corrected chi connectivity index (χ3v) is 4.58. The van der Waals surface area contributed by atoms with Crippen LogP contribution in [0.2, 0.25) is 0 Å². The van der Waals surface area contributed by atoms with Crippen LogP contribution in [0.5, 0.6) is 0 Å². The van der Waals surface area contributed by atoms with E-state index in [0.29, 0.717) is 11.1 Å². The van der Waals surface area contributed by atoms with Crippen molar-refractivity contribution in [2.75, 3.05) is 0 Å². The van der Waals surface area contributed by atoms with Gasteiger partial charge in [0, 0.05) is 0 Å². The number of rotatable bonds is 6. The highest BCUT2D eigenvalue weighted by Gasteiger charge is 2.34. The number of benzene rings is 2. The summed E-state index contributed by atoms with van der Waals surface area (Å²) < 4.78 is 54.1. The van der Waals surface area contributed by atoms with Crippen molar-refractivity contribution in [3.8, 4) is 6.07 Å². The Hall–Kier alpha value is -3.21. The van der Waals surface area contributed by atoms with E-state index in [1.54, 1.807) is 12.1 Å². The minimum absolute atomic E-state index is 0.103. The molecule has 2 aromatic carbocycles. The smallest absolute Gasteiger partial charge is 0.251 e. The second-order valence-corrected chi connectivity index (χ2v) is 6.50. The van der Waals surface area contributed by atoms with Gasteiger partial charge in [-0.15, -0.1) is 0 Å². The van der Waals surface area contributed by atoms with Crippen molar-refractivity contribution in [1.82, 2.24) is 14.8 Å². The third kappa shape index (κ3) is 4.36. The van der Waals surface area contributed by atoms with E-state index in [0.717, 1.165) is 12.1 Å². The maximum atomic E-state index is 13.8. The number of nitriles is 1. The van der Waals surface area contributed by atoms with Crippen molar-refractivity contribution >= 4 is 0 Å². The van der Waals surface area contributed by atoms with Crippen molar-refractivity contribution < 1.29 is 17.6 Å². The maximum absolute atomic E-state index is 13.8. The van der Waals surface area contributed by atoms with E-state index in [1.807, 2.05) is 0 Å². The molecule has 0 bridgehead atoms. The highest BCUT2D eigenvalue weighted by Crippen LogP contribution is 2.33. The Labute approximate surface area is 159 Å².